The lowest BCUT2D eigenvalue weighted by Gasteiger charge is -2.41. The van der Waals surface area contributed by atoms with Crippen LogP contribution in [0, 0.1) is 11.3 Å². The van der Waals surface area contributed by atoms with Crippen LogP contribution in [0.25, 0.3) is 32.9 Å². The number of rotatable bonds is 9. The number of nitriles is 1. The number of hydrogen-bond donors (Lipinski definition) is 0. The predicted molar refractivity (Wildman–Crippen MR) is 178 cm³/mol. The van der Waals surface area contributed by atoms with Crippen molar-refractivity contribution in [1.29, 1.82) is 5.26 Å². The molecule has 3 aliphatic rings. The monoisotopic (exact) mass is 655 g/mol. The molecule has 2 atom stereocenters. The van der Waals surface area contributed by atoms with E-state index in [2.05, 4.69) is 24.6 Å². The van der Waals surface area contributed by atoms with Crippen molar-refractivity contribution >= 4 is 45.0 Å². The van der Waals surface area contributed by atoms with E-state index >= 15 is 0 Å². The SMILES string of the molecule is C=C(F)C(=O)N1CCN(c2nc(OC[C@@H]3CCCN3C)nc3c(OC4CC4)c(-c4cccc5cccc(Cl)c45)ncc23)C[C@@H]1CC#N. The van der Waals surface area contributed by atoms with Crippen molar-refractivity contribution in [3.63, 3.8) is 0 Å². The number of halogens is 2. The van der Waals surface area contributed by atoms with E-state index in [0.29, 0.717) is 46.3 Å². The molecule has 4 heterocycles. The third-order valence-corrected chi connectivity index (χ3v) is 9.57. The average Bonchev–Trinajstić information content (AvgIpc) is 3.80. The lowest BCUT2D eigenvalue weighted by molar-refractivity contribution is -0.131. The Balaban J connectivity index is 1.37. The van der Waals surface area contributed by atoms with Crippen LogP contribution in [0.4, 0.5) is 10.2 Å². The number of benzene rings is 2. The minimum atomic E-state index is -1.05. The quantitative estimate of drug-likeness (QED) is 0.203. The summed E-state index contributed by atoms with van der Waals surface area (Å²) in [6.07, 6.45) is 5.77. The first-order chi connectivity index (χ1) is 22.8. The summed E-state index contributed by atoms with van der Waals surface area (Å²) in [5, 5.41) is 12.7. The minimum Gasteiger partial charge on any atom is -0.486 e. The lowest BCUT2D eigenvalue weighted by Crippen LogP contribution is -2.55. The molecule has 0 spiro atoms. The number of likely N-dealkylation sites (N-methyl/N-ethyl adjacent to an activating group) is 1. The van der Waals surface area contributed by atoms with E-state index in [-0.39, 0.29) is 37.7 Å². The van der Waals surface area contributed by atoms with Crippen molar-refractivity contribution < 1.29 is 18.7 Å². The van der Waals surface area contributed by atoms with Crippen molar-refractivity contribution in [3.05, 3.63) is 60.0 Å². The maximum atomic E-state index is 13.9. The van der Waals surface area contributed by atoms with Gasteiger partial charge in [0.15, 0.2) is 11.6 Å². The van der Waals surface area contributed by atoms with Gasteiger partial charge in [0.2, 0.25) is 0 Å². The van der Waals surface area contributed by atoms with Crippen molar-refractivity contribution in [2.24, 2.45) is 0 Å². The van der Waals surface area contributed by atoms with Gasteiger partial charge in [-0.3, -0.25) is 9.78 Å². The number of hydrogen-bond acceptors (Lipinski definition) is 9. The van der Waals surface area contributed by atoms with Gasteiger partial charge in [-0.05, 0) is 50.7 Å². The number of nitrogens with zero attached hydrogens (tertiary/aromatic N) is 7. The Morgan fingerprint density at radius 3 is 2.66 bits per heavy atom. The van der Waals surface area contributed by atoms with Crippen molar-refractivity contribution in [2.75, 3.05) is 44.7 Å². The molecule has 1 saturated carbocycles. The molecule has 1 amide bonds. The fourth-order valence-electron chi connectivity index (χ4n) is 6.60. The highest BCUT2D eigenvalue weighted by molar-refractivity contribution is 6.36. The van der Waals surface area contributed by atoms with E-state index in [0.717, 1.165) is 48.6 Å². The van der Waals surface area contributed by atoms with Crippen LogP contribution in [-0.2, 0) is 4.79 Å². The number of likely N-dealkylation sites (tertiary alicyclic amines) is 1. The van der Waals surface area contributed by atoms with Crippen molar-refractivity contribution in [3.8, 4) is 29.1 Å². The molecule has 47 heavy (non-hydrogen) atoms. The molecular formula is C35H35ClFN7O3. The second-order valence-corrected chi connectivity index (χ2v) is 12.8. The predicted octanol–water partition coefficient (Wildman–Crippen LogP) is 5.93. The van der Waals surface area contributed by atoms with Gasteiger partial charge in [0.05, 0.1) is 30.0 Å². The maximum Gasteiger partial charge on any atom is 0.319 e. The average molecular weight is 656 g/mol. The maximum absolute atomic E-state index is 13.9. The summed E-state index contributed by atoms with van der Waals surface area (Å²) in [6.45, 7) is 5.40. The number of fused-ring (bicyclic) bond motifs is 2. The zero-order chi connectivity index (χ0) is 32.7. The number of pyridine rings is 1. The first kappa shape index (κ1) is 31.1. The van der Waals surface area contributed by atoms with E-state index in [1.165, 1.54) is 4.90 Å². The highest BCUT2D eigenvalue weighted by Crippen LogP contribution is 2.44. The summed E-state index contributed by atoms with van der Waals surface area (Å²) in [4.78, 5) is 33.1. The van der Waals surface area contributed by atoms with Gasteiger partial charge in [0, 0.05) is 47.8 Å². The van der Waals surface area contributed by atoms with E-state index < -0.39 is 17.8 Å². The molecule has 2 saturated heterocycles. The molecule has 0 bridgehead atoms. The molecule has 1 aliphatic carbocycles. The van der Waals surface area contributed by atoms with Crippen LogP contribution < -0.4 is 14.4 Å². The molecule has 242 valence electrons. The topological polar surface area (TPSA) is 108 Å². The summed E-state index contributed by atoms with van der Waals surface area (Å²) in [6, 6.07) is 13.8. The first-order valence-corrected chi connectivity index (χ1v) is 16.4. The van der Waals surface area contributed by atoms with Crippen LogP contribution in [0.5, 0.6) is 11.8 Å². The Morgan fingerprint density at radius 1 is 1.13 bits per heavy atom. The van der Waals surface area contributed by atoms with Crippen LogP contribution in [0.2, 0.25) is 5.02 Å². The van der Waals surface area contributed by atoms with Crippen LogP contribution in [0.15, 0.2) is 55.0 Å². The molecule has 0 N–H and O–H groups in total. The molecule has 0 unspecified atom stereocenters. The first-order valence-electron chi connectivity index (χ1n) is 16.0. The van der Waals surface area contributed by atoms with Gasteiger partial charge in [0.25, 0.3) is 5.91 Å². The molecule has 12 heteroatoms. The minimum absolute atomic E-state index is 0.0240. The molecule has 10 nitrogen and oxygen atoms in total. The fourth-order valence-corrected chi connectivity index (χ4v) is 6.88. The van der Waals surface area contributed by atoms with E-state index in [9.17, 15) is 14.4 Å². The lowest BCUT2D eigenvalue weighted by atomic mass is 10.0. The molecule has 2 aliphatic heterocycles. The summed E-state index contributed by atoms with van der Waals surface area (Å²) < 4.78 is 26.8. The Labute approximate surface area is 277 Å². The molecule has 3 fully saturated rings. The van der Waals surface area contributed by atoms with Crippen molar-refractivity contribution in [2.45, 2.75) is 50.3 Å². The fraction of sp³-hybridized carbons (Fsp3) is 0.400. The summed E-state index contributed by atoms with van der Waals surface area (Å²) >= 11 is 6.76. The number of amides is 1. The Morgan fingerprint density at radius 2 is 1.94 bits per heavy atom. The Hall–Kier alpha value is -4.53. The van der Waals surface area contributed by atoms with Crippen LogP contribution in [0.3, 0.4) is 0 Å². The van der Waals surface area contributed by atoms with Gasteiger partial charge >= 0.3 is 6.01 Å². The summed E-state index contributed by atoms with van der Waals surface area (Å²) in [5.74, 6) is -0.773. The number of aromatic nitrogens is 3. The zero-order valence-corrected chi connectivity index (χ0v) is 26.9. The van der Waals surface area contributed by atoms with Crippen molar-refractivity contribution in [1.82, 2.24) is 24.8 Å². The number of ether oxygens (including phenoxy) is 2. The van der Waals surface area contributed by atoms with Gasteiger partial charge in [0.1, 0.15) is 23.6 Å². The number of carbonyl (C=O) groups excluding carboxylic acids is 1. The van der Waals surface area contributed by atoms with Gasteiger partial charge < -0.3 is 24.2 Å². The van der Waals surface area contributed by atoms with Gasteiger partial charge in [-0.25, -0.2) is 4.39 Å². The Bertz CT molecular complexity index is 1910. The number of piperazine rings is 1. The van der Waals surface area contributed by atoms with Crippen LogP contribution in [-0.4, -0.2) is 88.7 Å². The second-order valence-electron chi connectivity index (χ2n) is 12.4. The molecule has 0 radical (unpaired) electrons. The van der Waals surface area contributed by atoms with Gasteiger partial charge in [-0.1, -0.05) is 48.5 Å². The Kier molecular flexibility index (Phi) is 8.55. The number of carbonyl (C=O) groups is 1. The highest BCUT2D eigenvalue weighted by Gasteiger charge is 2.35. The zero-order valence-electron chi connectivity index (χ0n) is 26.2. The largest absolute Gasteiger partial charge is 0.486 e. The van der Waals surface area contributed by atoms with Gasteiger partial charge in [-0.2, -0.15) is 15.2 Å². The third-order valence-electron chi connectivity index (χ3n) is 9.25. The molecule has 7 rings (SSSR count). The van der Waals surface area contributed by atoms with Gasteiger partial charge in [-0.15, -0.1) is 0 Å². The molecule has 4 aromatic rings. The molecular weight excluding hydrogens is 621 g/mol. The standard InChI is InChI=1S/C35H35ClFN7O3/c1-21(37)34(45)44-17-16-43(19-23(44)13-14-38)33-27-18-39-30(26-9-3-6-22-7-4-10-28(36)29(22)26)32(47-25-11-12-25)31(27)40-35(41-33)46-20-24-8-5-15-42(24)2/h3-4,6-7,9-10,18,23-25H,1,5,8,11-13,15-17,19-20H2,2H3/t23-,24-/m0/s1. The third kappa shape index (κ3) is 6.15. The summed E-state index contributed by atoms with van der Waals surface area (Å²) in [7, 11) is 2.09. The second kappa shape index (κ2) is 12.9. The van der Waals surface area contributed by atoms with E-state index in [1.54, 1.807) is 6.20 Å². The highest BCUT2D eigenvalue weighted by atomic mass is 35.5. The smallest absolute Gasteiger partial charge is 0.319 e. The summed E-state index contributed by atoms with van der Waals surface area (Å²) in [5.41, 5.74) is 2.00. The van der Waals surface area contributed by atoms with Crippen LogP contribution in [0.1, 0.15) is 32.1 Å². The normalized spacial score (nSPS) is 20.0. The molecule has 2 aromatic carbocycles. The van der Waals surface area contributed by atoms with E-state index in [4.69, 9.17) is 36.0 Å². The number of anilines is 1. The van der Waals surface area contributed by atoms with Crippen LogP contribution >= 0.6 is 11.6 Å². The van der Waals surface area contributed by atoms with E-state index in [1.807, 2.05) is 41.3 Å². The molecule has 2 aromatic heterocycles.